The highest BCUT2D eigenvalue weighted by Gasteiger charge is 2.60. The third-order valence-corrected chi connectivity index (χ3v) is 6.70. The highest BCUT2D eigenvalue weighted by Crippen LogP contribution is 2.62. The maximum Gasteiger partial charge on any atom is 0.228 e. The van der Waals surface area contributed by atoms with E-state index < -0.39 is 0 Å². The van der Waals surface area contributed by atoms with Gasteiger partial charge in [-0.2, -0.15) is 5.26 Å². The summed E-state index contributed by atoms with van der Waals surface area (Å²) in [5.41, 5.74) is 0.918. The molecule has 2 heterocycles. The SMILES string of the molecule is CCC(C(=O)Nc1ccc(C#N)nn1)[C@@H]1[C@@H]2C[C@@H](Oc3ccnc4ccc(F)cc34)C[C@@H]21. The molecule has 0 spiro atoms. The lowest BCUT2D eigenvalue weighted by atomic mass is 9.93. The maximum absolute atomic E-state index is 13.7. The predicted molar refractivity (Wildman–Crippen MR) is 115 cm³/mol. The molecule has 1 N–H and O–H groups in total. The van der Waals surface area contributed by atoms with Crippen LogP contribution < -0.4 is 10.1 Å². The number of carbonyl (C=O) groups is 1. The van der Waals surface area contributed by atoms with Gasteiger partial charge in [-0.1, -0.05) is 6.92 Å². The van der Waals surface area contributed by atoms with Crippen molar-refractivity contribution in [2.45, 2.75) is 32.3 Å². The first kappa shape index (κ1) is 20.3. The molecule has 3 aromatic rings. The van der Waals surface area contributed by atoms with Crippen molar-refractivity contribution in [3.63, 3.8) is 0 Å². The smallest absolute Gasteiger partial charge is 0.228 e. The number of aromatic nitrogens is 3. The van der Waals surface area contributed by atoms with Crippen molar-refractivity contribution in [1.82, 2.24) is 15.2 Å². The number of fused-ring (bicyclic) bond motifs is 2. The van der Waals surface area contributed by atoms with Crippen LogP contribution in [0.15, 0.2) is 42.6 Å². The Balaban J connectivity index is 1.21. The van der Waals surface area contributed by atoms with Crippen LogP contribution in [-0.4, -0.2) is 27.2 Å². The summed E-state index contributed by atoms with van der Waals surface area (Å²) in [5, 5.41) is 20.0. The molecule has 2 aliphatic carbocycles. The third kappa shape index (κ3) is 3.75. The van der Waals surface area contributed by atoms with Crippen molar-refractivity contribution in [3.05, 3.63) is 54.1 Å². The average Bonchev–Trinajstić information content (AvgIpc) is 3.27. The average molecular weight is 431 g/mol. The van der Waals surface area contributed by atoms with Gasteiger partial charge in [-0.05, 0) is 73.4 Å². The number of hydrogen-bond donors (Lipinski definition) is 1. The fourth-order valence-corrected chi connectivity index (χ4v) is 5.22. The summed E-state index contributed by atoms with van der Waals surface area (Å²) in [7, 11) is 0. The van der Waals surface area contributed by atoms with Crippen LogP contribution in [0.1, 0.15) is 31.9 Å². The predicted octanol–water partition coefficient (Wildman–Crippen LogP) is 4.10. The third-order valence-electron chi connectivity index (χ3n) is 6.70. The lowest BCUT2D eigenvalue weighted by Gasteiger charge is -2.21. The molecular formula is C24H22FN5O2. The van der Waals surface area contributed by atoms with Crippen LogP contribution in [0.2, 0.25) is 0 Å². The van der Waals surface area contributed by atoms with Crippen molar-refractivity contribution < 1.29 is 13.9 Å². The normalized spacial score (nSPS) is 24.4. The van der Waals surface area contributed by atoms with Crippen LogP contribution in [0, 0.1) is 40.8 Å². The van der Waals surface area contributed by atoms with Crippen molar-refractivity contribution in [2.24, 2.45) is 23.7 Å². The molecule has 0 saturated heterocycles. The lowest BCUT2D eigenvalue weighted by Crippen LogP contribution is -2.27. The zero-order valence-corrected chi connectivity index (χ0v) is 17.5. The molecule has 2 fully saturated rings. The Bertz CT molecular complexity index is 1200. The number of nitrogens with zero attached hydrogens (tertiary/aromatic N) is 4. The molecule has 1 aromatic carbocycles. The minimum absolute atomic E-state index is 0.0556. The molecule has 7 nitrogen and oxygen atoms in total. The zero-order valence-electron chi connectivity index (χ0n) is 17.5. The topological polar surface area (TPSA) is 101 Å². The van der Waals surface area contributed by atoms with E-state index in [-0.39, 0.29) is 29.4 Å². The van der Waals surface area contributed by atoms with Crippen molar-refractivity contribution in [3.8, 4) is 11.8 Å². The molecule has 2 aliphatic rings. The highest BCUT2D eigenvalue weighted by atomic mass is 19.1. The number of hydrogen-bond acceptors (Lipinski definition) is 6. The van der Waals surface area contributed by atoms with Gasteiger partial charge < -0.3 is 10.1 Å². The molecule has 2 saturated carbocycles. The number of nitriles is 1. The van der Waals surface area contributed by atoms with Crippen molar-refractivity contribution >= 4 is 22.6 Å². The standard InChI is InChI=1S/C24H22FN5O2/c1-2-16(24(31)28-22-6-4-14(12-26)29-30-22)23-17-10-15(11-18(17)23)32-21-7-8-27-20-5-3-13(25)9-19(20)21/h3-9,15-18,23H,2,10-11H2,1H3,(H,28,30,31)/t15-,16?,17-,18+,23-. The molecule has 0 aliphatic heterocycles. The molecule has 2 aromatic heterocycles. The van der Waals surface area contributed by atoms with Crippen molar-refractivity contribution in [2.75, 3.05) is 5.32 Å². The number of amides is 1. The van der Waals surface area contributed by atoms with Gasteiger partial charge in [0.2, 0.25) is 5.91 Å². The monoisotopic (exact) mass is 431 g/mol. The summed E-state index contributed by atoms with van der Waals surface area (Å²) in [5.74, 6) is 1.78. The summed E-state index contributed by atoms with van der Waals surface area (Å²) < 4.78 is 19.9. The molecular weight excluding hydrogens is 409 g/mol. The summed E-state index contributed by atoms with van der Waals surface area (Å²) in [4.78, 5) is 17.1. The Kier molecular flexibility index (Phi) is 5.17. The largest absolute Gasteiger partial charge is 0.490 e. The molecule has 1 amide bonds. The Morgan fingerprint density at radius 3 is 2.75 bits per heavy atom. The van der Waals surface area contributed by atoms with Gasteiger partial charge >= 0.3 is 0 Å². The van der Waals surface area contributed by atoms with E-state index in [9.17, 15) is 9.18 Å². The van der Waals surface area contributed by atoms with Crippen LogP contribution in [0.4, 0.5) is 10.2 Å². The molecule has 32 heavy (non-hydrogen) atoms. The molecule has 5 rings (SSSR count). The number of anilines is 1. The van der Waals surface area contributed by atoms with Crippen LogP contribution in [0.5, 0.6) is 5.75 Å². The van der Waals surface area contributed by atoms with E-state index in [1.807, 2.05) is 13.0 Å². The fraction of sp³-hybridized carbons (Fsp3) is 0.375. The minimum atomic E-state index is -0.312. The van der Waals surface area contributed by atoms with Gasteiger partial charge in [0.25, 0.3) is 0 Å². The number of ether oxygens (including phenoxy) is 1. The van der Waals surface area contributed by atoms with E-state index in [2.05, 4.69) is 20.5 Å². The van der Waals surface area contributed by atoms with Crippen LogP contribution >= 0.6 is 0 Å². The first-order chi connectivity index (χ1) is 15.6. The van der Waals surface area contributed by atoms with Crippen LogP contribution in [0.25, 0.3) is 10.9 Å². The van der Waals surface area contributed by atoms with E-state index in [1.54, 1.807) is 24.4 Å². The van der Waals surface area contributed by atoms with Gasteiger partial charge in [0.1, 0.15) is 17.6 Å². The maximum atomic E-state index is 13.7. The van der Waals surface area contributed by atoms with Crippen molar-refractivity contribution in [1.29, 1.82) is 5.26 Å². The molecule has 5 atom stereocenters. The van der Waals surface area contributed by atoms with E-state index in [4.69, 9.17) is 10.00 Å². The molecule has 162 valence electrons. The van der Waals surface area contributed by atoms with E-state index in [1.165, 1.54) is 18.2 Å². The number of carbonyl (C=O) groups excluding carboxylic acids is 1. The van der Waals surface area contributed by atoms with Gasteiger partial charge in [-0.15, -0.1) is 10.2 Å². The molecule has 8 heteroatoms. The number of halogens is 1. The Labute approximate surface area is 184 Å². The molecule has 1 unspecified atom stereocenters. The first-order valence-electron chi connectivity index (χ1n) is 10.8. The van der Waals surface area contributed by atoms with E-state index in [0.29, 0.717) is 40.2 Å². The van der Waals surface area contributed by atoms with Crippen LogP contribution in [0.3, 0.4) is 0 Å². The number of nitrogens with one attached hydrogen (secondary N) is 1. The second-order valence-corrected chi connectivity index (χ2v) is 8.51. The lowest BCUT2D eigenvalue weighted by molar-refractivity contribution is -0.121. The summed E-state index contributed by atoms with van der Waals surface area (Å²) in [6.07, 6.45) is 4.24. The quantitative estimate of drug-likeness (QED) is 0.631. The Morgan fingerprint density at radius 2 is 2.06 bits per heavy atom. The summed E-state index contributed by atoms with van der Waals surface area (Å²) in [6, 6.07) is 11.3. The first-order valence-corrected chi connectivity index (χ1v) is 10.8. The fourth-order valence-electron chi connectivity index (χ4n) is 5.22. The Hall–Kier alpha value is -3.60. The highest BCUT2D eigenvalue weighted by molar-refractivity contribution is 5.92. The summed E-state index contributed by atoms with van der Waals surface area (Å²) >= 11 is 0. The molecule has 0 bridgehead atoms. The zero-order chi connectivity index (χ0) is 22.2. The van der Waals surface area contributed by atoms with E-state index in [0.717, 1.165) is 19.3 Å². The van der Waals surface area contributed by atoms with Gasteiger partial charge in [0.05, 0.1) is 11.6 Å². The second kappa shape index (κ2) is 8.15. The van der Waals surface area contributed by atoms with Gasteiger partial charge in [0.15, 0.2) is 11.5 Å². The van der Waals surface area contributed by atoms with Gasteiger partial charge in [-0.3, -0.25) is 9.78 Å². The van der Waals surface area contributed by atoms with Crippen LogP contribution in [-0.2, 0) is 4.79 Å². The number of pyridine rings is 1. The minimum Gasteiger partial charge on any atom is -0.490 e. The van der Waals surface area contributed by atoms with Gasteiger partial charge in [0, 0.05) is 17.5 Å². The van der Waals surface area contributed by atoms with Gasteiger partial charge in [-0.25, -0.2) is 4.39 Å². The number of benzene rings is 1. The second-order valence-electron chi connectivity index (χ2n) is 8.51. The number of rotatable bonds is 6. The Morgan fingerprint density at radius 1 is 1.25 bits per heavy atom. The summed E-state index contributed by atoms with van der Waals surface area (Å²) in [6.45, 7) is 2.02. The molecule has 0 radical (unpaired) electrons. The van der Waals surface area contributed by atoms with E-state index >= 15 is 0 Å².